The quantitative estimate of drug-likeness (QED) is 0.879. The third-order valence-electron chi connectivity index (χ3n) is 2.75. The van der Waals surface area contributed by atoms with Crippen LogP contribution in [-0.4, -0.2) is 17.0 Å². The van der Waals surface area contributed by atoms with E-state index < -0.39 is 17.4 Å². The molecule has 0 aliphatic rings. The molecule has 0 fully saturated rings. The van der Waals surface area contributed by atoms with Crippen molar-refractivity contribution >= 4 is 11.9 Å². The van der Waals surface area contributed by atoms with Crippen LogP contribution in [0.1, 0.15) is 46.2 Å². The van der Waals surface area contributed by atoms with Crippen molar-refractivity contribution in [3.8, 4) is 0 Å². The molecular weight excluding hydrogens is 242 g/mol. The summed E-state index contributed by atoms with van der Waals surface area (Å²) in [6.07, 6.45) is 0. The molecule has 0 bridgehead atoms. The summed E-state index contributed by atoms with van der Waals surface area (Å²) in [5.74, 6) is -1.19. The smallest absolute Gasteiger partial charge is 0.311 e. The van der Waals surface area contributed by atoms with Gasteiger partial charge in [-0.1, -0.05) is 44.2 Å². The number of carbonyl (C=O) groups excluding carboxylic acids is 1. The highest BCUT2D eigenvalue weighted by Gasteiger charge is 2.38. The normalized spacial score (nSPS) is 11.8. The van der Waals surface area contributed by atoms with Gasteiger partial charge >= 0.3 is 5.97 Å². The van der Waals surface area contributed by atoms with E-state index in [4.69, 9.17) is 0 Å². The summed E-state index contributed by atoms with van der Waals surface area (Å²) in [7, 11) is 0. The number of rotatable bonds is 4. The lowest BCUT2D eigenvalue weighted by Gasteiger charge is -2.31. The number of carbonyl (C=O) groups is 2. The van der Waals surface area contributed by atoms with E-state index in [0.29, 0.717) is 0 Å². The van der Waals surface area contributed by atoms with Crippen LogP contribution >= 0.6 is 0 Å². The van der Waals surface area contributed by atoms with Crippen LogP contribution in [0.3, 0.4) is 0 Å². The van der Waals surface area contributed by atoms with Crippen LogP contribution in [0.4, 0.5) is 0 Å². The number of hydrogen-bond acceptors (Lipinski definition) is 2. The first-order chi connectivity index (χ1) is 8.85. The number of amides is 1. The van der Waals surface area contributed by atoms with E-state index in [9.17, 15) is 14.7 Å². The van der Waals surface area contributed by atoms with Crippen molar-refractivity contribution in [2.24, 2.45) is 5.41 Å². The van der Waals surface area contributed by atoms with E-state index >= 15 is 0 Å². The molecule has 1 aromatic rings. The molecule has 0 saturated heterocycles. The molecule has 1 unspecified atom stereocenters. The van der Waals surface area contributed by atoms with Gasteiger partial charge in [0.1, 0.15) is 0 Å². The third kappa shape index (κ3) is 4.73. The van der Waals surface area contributed by atoms with Crippen LogP contribution in [0.2, 0.25) is 0 Å². The average Bonchev–Trinajstić information content (AvgIpc) is 2.39. The van der Waals surface area contributed by atoms with Gasteiger partial charge in [0.25, 0.3) is 0 Å². The molecule has 1 aromatic carbocycles. The van der Waals surface area contributed by atoms with E-state index in [1.807, 2.05) is 44.2 Å². The lowest BCUT2D eigenvalue weighted by atomic mass is 9.80. The van der Waals surface area contributed by atoms with Crippen molar-refractivity contribution in [2.45, 2.75) is 40.7 Å². The Bertz CT molecular complexity index is 413. The van der Waals surface area contributed by atoms with E-state index in [0.717, 1.165) is 5.56 Å². The summed E-state index contributed by atoms with van der Waals surface area (Å²) in [6, 6.07) is 8.57. The van der Waals surface area contributed by atoms with Gasteiger partial charge in [-0.2, -0.15) is 0 Å². The van der Waals surface area contributed by atoms with Gasteiger partial charge in [-0.05, 0) is 19.4 Å². The first-order valence-electron chi connectivity index (χ1n) is 6.41. The molecule has 0 aliphatic heterocycles. The Labute approximate surface area is 114 Å². The summed E-state index contributed by atoms with van der Waals surface area (Å²) in [4.78, 5) is 22.5. The highest BCUT2D eigenvalue weighted by molar-refractivity contribution is 5.78. The summed E-state index contributed by atoms with van der Waals surface area (Å²) in [5, 5.41) is 11.9. The fourth-order valence-electron chi connectivity index (χ4n) is 1.65. The van der Waals surface area contributed by atoms with E-state index in [2.05, 4.69) is 5.32 Å². The maximum Gasteiger partial charge on any atom is 0.311 e. The van der Waals surface area contributed by atoms with Crippen molar-refractivity contribution in [1.29, 1.82) is 0 Å². The Morgan fingerprint density at radius 3 is 2.00 bits per heavy atom. The molecule has 19 heavy (non-hydrogen) atoms. The number of nitrogens with one attached hydrogen (secondary N) is 1. The van der Waals surface area contributed by atoms with Crippen molar-refractivity contribution in [3.05, 3.63) is 35.9 Å². The standard InChI is InChI=1S/C13H17NO3.C2H6/c1-9(15)14-11(13(2,3)12(16)17)10-7-5-4-6-8-10;1-2/h4-8,11H,1-3H3,(H,14,15)(H,16,17);1-2H3. The molecule has 4 nitrogen and oxygen atoms in total. The SMILES string of the molecule is CC.CC(=O)NC(c1ccccc1)C(C)(C)C(=O)O. The molecule has 0 saturated carbocycles. The first kappa shape index (κ1) is 17.2. The van der Waals surface area contributed by atoms with Crippen LogP contribution in [0, 0.1) is 5.41 Å². The average molecular weight is 265 g/mol. The number of hydrogen-bond donors (Lipinski definition) is 2. The molecule has 1 atom stereocenters. The monoisotopic (exact) mass is 265 g/mol. The van der Waals surface area contributed by atoms with Crippen molar-refractivity contribution in [2.75, 3.05) is 0 Å². The van der Waals surface area contributed by atoms with E-state index in [-0.39, 0.29) is 5.91 Å². The van der Waals surface area contributed by atoms with Gasteiger partial charge < -0.3 is 10.4 Å². The van der Waals surface area contributed by atoms with Gasteiger partial charge in [0.05, 0.1) is 11.5 Å². The molecule has 0 aromatic heterocycles. The van der Waals surface area contributed by atoms with Crippen molar-refractivity contribution in [3.63, 3.8) is 0 Å². The Morgan fingerprint density at radius 2 is 1.63 bits per heavy atom. The van der Waals surface area contributed by atoms with Crippen LogP contribution in [0.15, 0.2) is 30.3 Å². The topological polar surface area (TPSA) is 66.4 Å². The van der Waals surface area contributed by atoms with Crippen molar-refractivity contribution in [1.82, 2.24) is 5.32 Å². The second kappa shape index (κ2) is 7.56. The van der Waals surface area contributed by atoms with Crippen LogP contribution in [0.5, 0.6) is 0 Å². The van der Waals surface area contributed by atoms with E-state index in [1.54, 1.807) is 13.8 Å². The fourth-order valence-corrected chi connectivity index (χ4v) is 1.65. The number of carboxylic acid groups (broad SMARTS) is 1. The lowest BCUT2D eigenvalue weighted by molar-refractivity contribution is -0.149. The summed E-state index contributed by atoms with van der Waals surface area (Å²) in [6.45, 7) is 8.58. The van der Waals surface area contributed by atoms with Gasteiger partial charge in [0.2, 0.25) is 5.91 Å². The maximum absolute atomic E-state index is 11.3. The molecule has 2 N–H and O–H groups in total. The molecular formula is C15H23NO3. The van der Waals surface area contributed by atoms with Gasteiger partial charge in [-0.25, -0.2) is 0 Å². The Balaban J connectivity index is 0.00000154. The largest absolute Gasteiger partial charge is 0.481 e. The molecule has 0 spiro atoms. The van der Waals surface area contributed by atoms with Gasteiger partial charge in [-0.15, -0.1) is 0 Å². The molecule has 1 amide bonds. The highest BCUT2D eigenvalue weighted by atomic mass is 16.4. The second-order valence-corrected chi connectivity index (χ2v) is 4.57. The Hall–Kier alpha value is -1.84. The zero-order valence-corrected chi connectivity index (χ0v) is 12.2. The van der Waals surface area contributed by atoms with Gasteiger partial charge in [0.15, 0.2) is 0 Å². The highest BCUT2D eigenvalue weighted by Crippen LogP contribution is 2.33. The molecule has 0 aliphatic carbocycles. The van der Waals surface area contributed by atoms with Gasteiger partial charge in [-0.3, -0.25) is 9.59 Å². The van der Waals surface area contributed by atoms with Crippen LogP contribution in [0.25, 0.3) is 0 Å². The maximum atomic E-state index is 11.3. The molecule has 0 heterocycles. The van der Waals surface area contributed by atoms with Gasteiger partial charge in [0, 0.05) is 6.92 Å². The van der Waals surface area contributed by atoms with E-state index in [1.165, 1.54) is 6.92 Å². The number of carboxylic acids is 1. The predicted molar refractivity (Wildman–Crippen MR) is 75.8 cm³/mol. The third-order valence-corrected chi connectivity index (χ3v) is 2.75. The molecule has 0 radical (unpaired) electrons. The second-order valence-electron chi connectivity index (χ2n) is 4.57. The van der Waals surface area contributed by atoms with Crippen molar-refractivity contribution < 1.29 is 14.7 Å². The summed E-state index contributed by atoms with van der Waals surface area (Å²) in [5.41, 5.74) is -0.275. The van der Waals surface area contributed by atoms with Crippen LogP contribution < -0.4 is 5.32 Å². The zero-order chi connectivity index (χ0) is 15.1. The number of benzene rings is 1. The lowest BCUT2D eigenvalue weighted by Crippen LogP contribution is -2.41. The number of aliphatic carboxylic acids is 1. The first-order valence-corrected chi connectivity index (χ1v) is 6.41. The minimum atomic E-state index is -1.06. The van der Waals surface area contributed by atoms with Crippen LogP contribution in [-0.2, 0) is 9.59 Å². The molecule has 106 valence electrons. The predicted octanol–water partition coefficient (Wildman–Crippen LogP) is 3.00. The minimum Gasteiger partial charge on any atom is -0.481 e. The molecule has 4 heteroatoms. The summed E-state index contributed by atoms with van der Waals surface area (Å²) < 4.78 is 0. The fraction of sp³-hybridized carbons (Fsp3) is 0.467. The zero-order valence-electron chi connectivity index (χ0n) is 12.2. The minimum absolute atomic E-state index is 0.242. The Kier molecular flexibility index (Phi) is 6.83. The molecule has 1 rings (SSSR count). The Morgan fingerprint density at radius 1 is 1.16 bits per heavy atom. The summed E-state index contributed by atoms with van der Waals surface area (Å²) >= 11 is 0.